The Labute approximate surface area is 213 Å². The van der Waals surface area contributed by atoms with E-state index < -0.39 is 0 Å². The van der Waals surface area contributed by atoms with Crippen LogP contribution >= 0.6 is 0 Å². The maximum atomic E-state index is 13.0. The lowest BCUT2D eigenvalue weighted by Crippen LogP contribution is -2.19. The van der Waals surface area contributed by atoms with E-state index in [4.69, 9.17) is 4.74 Å². The molecule has 0 aliphatic heterocycles. The monoisotopic (exact) mass is 491 g/mol. The quantitative estimate of drug-likeness (QED) is 0.256. The summed E-state index contributed by atoms with van der Waals surface area (Å²) in [6, 6.07) is 26.9. The Hall–Kier alpha value is -5.11. The topological polar surface area (TPSA) is 96.8 Å². The average Bonchev–Trinajstić information content (AvgIpc) is 3.33. The lowest BCUT2D eigenvalue weighted by atomic mass is 10.1. The van der Waals surface area contributed by atoms with Crippen LogP contribution in [0.25, 0.3) is 5.65 Å². The van der Waals surface area contributed by atoms with Crippen LogP contribution in [0.2, 0.25) is 0 Å². The summed E-state index contributed by atoms with van der Waals surface area (Å²) in [6.07, 6.45) is 3.84. The second-order valence-corrected chi connectivity index (χ2v) is 8.44. The van der Waals surface area contributed by atoms with Crippen LogP contribution < -0.4 is 20.7 Å². The van der Waals surface area contributed by atoms with Gasteiger partial charge < -0.3 is 25.1 Å². The van der Waals surface area contributed by atoms with Crippen LogP contribution in [0.5, 0.6) is 5.75 Å². The number of imidazole rings is 1. The number of anilines is 3. The van der Waals surface area contributed by atoms with E-state index in [1.807, 2.05) is 66.2 Å². The number of carbonyl (C=O) groups is 2. The SMILES string of the molecule is Cc1ccc(NC(=O)Nc2ccccc2)cc1NC(=O)c1cccc(OCc2cn3ccccc3n2)c1. The van der Waals surface area contributed by atoms with E-state index in [2.05, 4.69) is 20.9 Å². The van der Waals surface area contributed by atoms with Gasteiger partial charge in [-0.25, -0.2) is 9.78 Å². The highest BCUT2D eigenvalue weighted by atomic mass is 16.5. The highest BCUT2D eigenvalue weighted by Crippen LogP contribution is 2.23. The Kier molecular flexibility index (Phi) is 6.80. The van der Waals surface area contributed by atoms with E-state index in [1.54, 1.807) is 48.5 Å². The normalized spacial score (nSPS) is 10.6. The molecule has 8 heteroatoms. The first-order valence-electron chi connectivity index (χ1n) is 11.7. The van der Waals surface area contributed by atoms with Crippen LogP contribution in [-0.2, 0) is 6.61 Å². The Bertz CT molecular complexity index is 1530. The minimum absolute atomic E-state index is 0.282. The van der Waals surface area contributed by atoms with Crippen LogP contribution in [0, 0.1) is 6.92 Å². The largest absolute Gasteiger partial charge is 0.487 e. The molecule has 0 saturated heterocycles. The number of rotatable bonds is 7. The molecule has 0 aliphatic carbocycles. The van der Waals surface area contributed by atoms with Gasteiger partial charge in [0.15, 0.2) is 0 Å². The molecule has 2 aromatic heterocycles. The molecule has 3 aromatic carbocycles. The Balaban J connectivity index is 1.22. The van der Waals surface area contributed by atoms with Crippen molar-refractivity contribution in [3.05, 3.63) is 120 Å². The molecule has 0 unspecified atom stereocenters. The molecular formula is C29H25N5O3. The highest BCUT2D eigenvalue weighted by molar-refractivity contribution is 6.05. The van der Waals surface area contributed by atoms with E-state index in [0.29, 0.717) is 28.4 Å². The number of fused-ring (bicyclic) bond motifs is 1. The number of hydrogen-bond acceptors (Lipinski definition) is 4. The van der Waals surface area contributed by atoms with E-state index in [1.165, 1.54) is 0 Å². The summed E-state index contributed by atoms with van der Waals surface area (Å²) in [7, 11) is 0. The zero-order valence-electron chi connectivity index (χ0n) is 20.1. The Morgan fingerprint density at radius 1 is 0.838 bits per heavy atom. The number of carbonyl (C=O) groups excluding carboxylic acids is 2. The van der Waals surface area contributed by atoms with Crippen LogP contribution in [0.3, 0.4) is 0 Å². The third-order valence-corrected chi connectivity index (χ3v) is 5.67. The number of ether oxygens (including phenoxy) is 1. The zero-order chi connectivity index (χ0) is 25.6. The smallest absolute Gasteiger partial charge is 0.323 e. The predicted molar refractivity (Wildman–Crippen MR) is 144 cm³/mol. The number of nitrogens with zero attached hydrogens (tertiary/aromatic N) is 2. The molecule has 0 spiro atoms. The van der Waals surface area contributed by atoms with Gasteiger partial charge in [-0.05, 0) is 67.1 Å². The fourth-order valence-corrected chi connectivity index (χ4v) is 3.78. The Morgan fingerprint density at radius 3 is 2.49 bits per heavy atom. The van der Waals surface area contributed by atoms with Gasteiger partial charge in [-0.15, -0.1) is 0 Å². The van der Waals surface area contributed by atoms with Gasteiger partial charge in [0.2, 0.25) is 0 Å². The van der Waals surface area contributed by atoms with Gasteiger partial charge in [0.1, 0.15) is 18.0 Å². The fraction of sp³-hybridized carbons (Fsp3) is 0.0690. The second-order valence-electron chi connectivity index (χ2n) is 8.44. The summed E-state index contributed by atoms with van der Waals surface area (Å²) < 4.78 is 7.82. The number of aryl methyl sites for hydroxylation is 1. The summed E-state index contributed by atoms with van der Waals surface area (Å²) in [5.41, 5.74) is 4.78. The molecule has 0 bridgehead atoms. The molecule has 3 amide bonds. The van der Waals surface area contributed by atoms with Crippen LogP contribution in [0.15, 0.2) is 103 Å². The van der Waals surface area contributed by atoms with E-state index in [9.17, 15) is 9.59 Å². The fourth-order valence-electron chi connectivity index (χ4n) is 3.78. The van der Waals surface area contributed by atoms with Crippen LogP contribution in [0.1, 0.15) is 21.6 Å². The van der Waals surface area contributed by atoms with Crippen molar-refractivity contribution in [2.75, 3.05) is 16.0 Å². The number of pyridine rings is 1. The summed E-state index contributed by atoms with van der Waals surface area (Å²) in [5.74, 6) is 0.279. The number of hydrogen-bond donors (Lipinski definition) is 3. The van der Waals surface area contributed by atoms with Gasteiger partial charge in [-0.2, -0.15) is 0 Å². The molecule has 5 aromatic rings. The first-order chi connectivity index (χ1) is 18.0. The van der Waals surface area contributed by atoms with Crippen molar-refractivity contribution in [1.29, 1.82) is 0 Å². The molecule has 37 heavy (non-hydrogen) atoms. The molecule has 3 N–H and O–H groups in total. The molecule has 8 nitrogen and oxygen atoms in total. The maximum Gasteiger partial charge on any atom is 0.323 e. The molecule has 0 aliphatic rings. The minimum atomic E-state index is -0.372. The van der Waals surface area contributed by atoms with Gasteiger partial charge >= 0.3 is 6.03 Å². The average molecular weight is 492 g/mol. The first-order valence-corrected chi connectivity index (χ1v) is 11.7. The van der Waals surface area contributed by atoms with Crippen molar-refractivity contribution in [3.63, 3.8) is 0 Å². The van der Waals surface area contributed by atoms with Crippen LogP contribution in [-0.4, -0.2) is 21.3 Å². The van der Waals surface area contributed by atoms with Crippen molar-refractivity contribution < 1.29 is 14.3 Å². The number of benzene rings is 3. The van der Waals surface area contributed by atoms with Gasteiger partial charge in [-0.1, -0.05) is 36.4 Å². The van der Waals surface area contributed by atoms with Crippen molar-refractivity contribution in [3.8, 4) is 5.75 Å². The third kappa shape index (κ3) is 5.94. The van der Waals surface area contributed by atoms with E-state index >= 15 is 0 Å². The van der Waals surface area contributed by atoms with Crippen molar-refractivity contribution >= 4 is 34.6 Å². The zero-order valence-corrected chi connectivity index (χ0v) is 20.1. The van der Waals surface area contributed by atoms with Crippen LogP contribution in [0.4, 0.5) is 21.9 Å². The number of urea groups is 1. The van der Waals surface area contributed by atoms with E-state index in [-0.39, 0.29) is 18.5 Å². The van der Waals surface area contributed by atoms with Gasteiger partial charge in [0, 0.05) is 35.0 Å². The second kappa shape index (κ2) is 10.7. The highest BCUT2D eigenvalue weighted by Gasteiger charge is 2.11. The standard InChI is InChI=1S/C29H25N5O3/c1-20-13-14-23(32-29(36)31-22-9-3-2-4-10-22)17-26(20)33-28(35)21-8-7-11-25(16-21)37-19-24-18-34-15-6-5-12-27(34)30-24/h2-18H,19H2,1H3,(H,33,35)(H2,31,32,36). The van der Waals surface area contributed by atoms with Gasteiger partial charge in [0.05, 0.1) is 5.69 Å². The van der Waals surface area contributed by atoms with Crippen molar-refractivity contribution in [2.45, 2.75) is 13.5 Å². The number of para-hydroxylation sites is 1. The van der Waals surface area contributed by atoms with E-state index in [0.717, 1.165) is 16.9 Å². The predicted octanol–water partition coefficient (Wildman–Crippen LogP) is 6.12. The first kappa shape index (κ1) is 23.6. The molecule has 2 heterocycles. The summed E-state index contributed by atoms with van der Waals surface area (Å²) in [4.78, 5) is 29.9. The number of aromatic nitrogens is 2. The Morgan fingerprint density at radius 2 is 1.65 bits per heavy atom. The lowest BCUT2D eigenvalue weighted by Gasteiger charge is -2.13. The molecule has 0 radical (unpaired) electrons. The van der Waals surface area contributed by atoms with Crippen molar-refractivity contribution in [2.24, 2.45) is 0 Å². The molecule has 0 fully saturated rings. The summed E-state index contributed by atoms with van der Waals surface area (Å²) >= 11 is 0. The molecule has 0 atom stereocenters. The maximum absolute atomic E-state index is 13.0. The number of amides is 3. The third-order valence-electron chi connectivity index (χ3n) is 5.67. The minimum Gasteiger partial charge on any atom is -0.487 e. The molecule has 184 valence electrons. The van der Waals surface area contributed by atoms with Gasteiger partial charge in [0.25, 0.3) is 5.91 Å². The summed E-state index contributed by atoms with van der Waals surface area (Å²) in [5, 5.41) is 8.49. The molecule has 0 saturated carbocycles. The number of nitrogens with one attached hydrogen (secondary N) is 3. The van der Waals surface area contributed by atoms with Gasteiger partial charge in [-0.3, -0.25) is 4.79 Å². The lowest BCUT2D eigenvalue weighted by molar-refractivity contribution is 0.102. The molecular weight excluding hydrogens is 466 g/mol. The molecule has 5 rings (SSSR count). The van der Waals surface area contributed by atoms with Crippen molar-refractivity contribution in [1.82, 2.24) is 9.38 Å². The summed E-state index contributed by atoms with van der Waals surface area (Å²) in [6.45, 7) is 2.17.